The standard InChI is InChI=1S/C24H32N2O2/c1-17-11-13-20(14-12-17)16-26(19(3)23(28)25-24(4,5)6)22(27)15-21-10-8-7-9-18(21)2/h7-14,19H,15-16H2,1-6H3,(H,25,28)/t19-/m1/s1. The van der Waals surface area contributed by atoms with E-state index in [0.29, 0.717) is 6.54 Å². The van der Waals surface area contributed by atoms with Crippen molar-refractivity contribution < 1.29 is 9.59 Å². The van der Waals surface area contributed by atoms with Crippen LogP contribution in [0.4, 0.5) is 0 Å². The molecule has 0 aliphatic rings. The smallest absolute Gasteiger partial charge is 0.242 e. The molecule has 1 N–H and O–H groups in total. The minimum Gasteiger partial charge on any atom is -0.350 e. The summed E-state index contributed by atoms with van der Waals surface area (Å²) in [5, 5.41) is 2.99. The van der Waals surface area contributed by atoms with E-state index in [1.165, 1.54) is 5.56 Å². The zero-order chi connectivity index (χ0) is 20.9. The van der Waals surface area contributed by atoms with Crippen molar-refractivity contribution in [3.8, 4) is 0 Å². The molecule has 0 saturated heterocycles. The fraction of sp³-hybridized carbons (Fsp3) is 0.417. The highest BCUT2D eigenvalue weighted by atomic mass is 16.2. The third kappa shape index (κ3) is 6.22. The maximum atomic E-state index is 13.2. The van der Waals surface area contributed by atoms with Gasteiger partial charge in [-0.25, -0.2) is 0 Å². The number of nitrogens with zero attached hydrogens (tertiary/aromatic N) is 1. The number of carbonyl (C=O) groups is 2. The lowest BCUT2D eigenvalue weighted by Crippen LogP contribution is -2.52. The first-order chi connectivity index (χ1) is 13.1. The van der Waals surface area contributed by atoms with Crippen molar-refractivity contribution in [2.75, 3.05) is 0 Å². The van der Waals surface area contributed by atoms with Crippen LogP contribution in [0.5, 0.6) is 0 Å². The molecule has 0 aliphatic heterocycles. The molecule has 0 unspecified atom stereocenters. The molecule has 2 aromatic rings. The molecule has 0 aromatic heterocycles. The van der Waals surface area contributed by atoms with Gasteiger partial charge >= 0.3 is 0 Å². The van der Waals surface area contributed by atoms with Crippen LogP contribution < -0.4 is 5.32 Å². The first-order valence-electron chi connectivity index (χ1n) is 9.78. The number of amides is 2. The van der Waals surface area contributed by atoms with Crippen LogP contribution >= 0.6 is 0 Å². The Balaban J connectivity index is 2.26. The van der Waals surface area contributed by atoms with Crippen LogP contribution in [-0.4, -0.2) is 28.3 Å². The predicted octanol–water partition coefficient (Wildman–Crippen LogP) is 4.18. The SMILES string of the molecule is Cc1ccc(CN(C(=O)Cc2ccccc2C)[C@H](C)C(=O)NC(C)(C)C)cc1. The monoisotopic (exact) mass is 380 g/mol. The quantitative estimate of drug-likeness (QED) is 0.817. The van der Waals surface area contributed by atoms with Crippen molar-refractivity contribution in [1.82, 2.24) is 10.2 Å². The van der Waals surface area contributed by atoms with E-state index in [1.807, 2.05) is 83.1 Å². The summed E-state index contributed by atoms with van der Waals surface area (Å²) in [4.78, 5) is 27.6. The zero-order valence-corrected chi connectivity index (χ0v) is 17.9. The van der Waals surface area contributed by atoms with Crippen molar-refractivity contribution in [1.29, 1.82) is 0 Å². The summed E-state index contributed by atoms with van der Waals surface area (Å²) in [5.41, 5.74) is 3.90. The number of carbonyl (C=O) groups excluding carboxylic acids is 2. The highest BCUT2D eigenvalue weighted by molar-refractivity contribution is 5.88. The topological polar surface area (TPSA) is 49.4 Å². The van der Waals surface area contributed by atoms with E-state index < -0.39 is 6.04 Å². The molecular weight excluding hydrogens is 348 g/mol. The molecule has 4 nitrogen and oxygen atoms in total. The number of aryl methyl sites for hydroxylation is 2. The molecular formula is C24H32N2O2. The highest BCUT2D eigenvalue weighted by Crippen LogP contribution is 2.15. The summed E-state index contributed by atoms with van der Waals surface area (Å²) in [6, 6.07) is 15.4. The molecule has 0 saturated carbocycles. The van der Waals surface area contributed by atoms with Gasteiger partial charge in [-0.3, -0.25) is 9.59 Å². The Bertz CT molecular complexity index is 819. The minimum atomic E-state index is -0.558. The van der Waals surface area contributed by atoms with Crippen LogP contribution in [0.25, 0.3) is 0 Å². The van der Waals surface area contributed by atoms with Gasteiger partial charge in [-0.05, 0) is 58.2 Å². The zero-order valence-electron chi connectivity index (χ0n) is 17.9. The van der Waals surface area contributed by atoms with Gasteiger partial charge in [0, 0.05) is 12.1 Å². The summed E-state index contributed by atoms with van der Waals surface area (Å²) in [5.74, 6) is -0.191. The molecule has 150 valence electrons. The first-order valence-corrected chi connectivity index (χ1v) is 9.78. The molecule has 0 fully saturated rings. The third-order valence-corrected chi connectivity index (χ3v) is 4.74. The summed E-state index contributed by atoms with van der Waals surface area (Å²) < 4.78 is 0. The lowest BCUT2D eigenvalue weighted by atomic mass is 10.0. The van der Waals surface area contributed by atoms with Crippen LogP contribution in [-0.2, 0) is 22.6 Å². The third-order valence-electron chi connectivity index (χ3n) is 4.74. The van der Waals surface area contributed by atoms with Crippen molar-refractivity contribution in [2.45, 2.75) is 66.1 Å². The lowest BCUT2D eigenvalue weighted by Gasteiger charge is -2.31. The van der Waals surface area contributed by atoms with E-state index in [-0.39, 0.29) is 23.8 Å². The Labute approximate surface area is 169 Å². The average molecular weight is 381 g/mol. The van der Waals surface area contributed by atoms with Crippen molar-refractivity contribution in [3.63, 3.8) is 0 Å². The van der Waals surface area contributed by atoms with Crippen LogP contribution in [0.1, 0.15) is 49.9 Å². The van der Waals surface area contributed by atoms with Gasteiger partial charge in [-0.15, -0.1) is 0 Å². The Morgan fingerprint density at radius 3 is 2.18 bits per heavy atom. The molecule has 0 bridgehead atoms. The van der Waals surface area contributed by atoms with Crippen molar-refractivity contribution in [3.05, 3.63) is 70.8 Å². The number of hydrogen-bond donors (Lipinski definition) is 1. The summed E-state index contributed by atoms with van der Waals surface area (Å²) in [6.07, 6.45) is 0.283. The molecule has 0 spiro atoms. The van der Waals surface area contributed by atoms with E-state index >= 15 is 0 Å². The fourth-order valence-corrected chi connectivity index (χ4v) is 3.02. The first kappa shape index (κ1) is 21.7. The molecule has 2 rings (SSSR count). The Morgan fingerprint density at radius 1 is 1.00 bits per heavy atom. The Kier molecular flexibility index (Phi) is 7.00. The molecule has 0 radical (unpaired) electrons. The van der Waals surface area contributed by atoms with Crippen molar-refractivity contribution >= 4 is 11.8 Å². The molecule has 1 atom stereocenters. The van der Waals surface area contributed by atoms with Gasteiger partial charge in [-0.1, -0.05) is 54.1 Å². The Morgan fingerprint density at radius 2 is 1.61 bits per heavy atom. The second kappa shape index (κ2) is 9.05. The normalized spacial score (nSPS) is 12.4. The fourth-order valence-electron chi connectivity index (χ4n) is 3.02. The molecule has 0 aliphatic carbocycles. The average Bonchev–Trinajstić information content (AvgIpc) is 2.61. The molecule has 0 heterocycles. The second-order valence-electron chi connectivity index (χ2n) is 8.53. The summed E-state index contributed by atoms with van der Waals surface area (Å²) >= 11 is 0. The van der Waals surface area contributed by atoms with Gasteiger partial charge in [0.1, 0.15) is 6.04 Å². The summed E-state index contributed by atoms with van der Waals surface area (Å²) in [6.45, 7) is 12.1. The maximum absolute atomic E-state index is 13.2. The van der Waals surface area contributed by atoms with Gasteiger partial charge < -0.3 is 10.2 Å². The second-order valence-corrected chi connectivity index (χ2v) is 8.53. The lowest BCUT2D eigenvalue weighted by molar-refractivity contribution is -0.140. The molecule has 4 heteroatoms. The van der Waals surface area contributed by atoms with Crippen LogP contribution in [0.2, 0.25) is 0 Å². The van der Waals surface area contributed by atoms with E-state index in [2.05, 4.69) is 5.32 Å². The van der Waals surface area contributed by atoms with Crippen LogP contribution in [0.3, 0.4) is 0 Å². The van der Waals surface area contributed by atoms with Gasteiger partial charge in [0.05, 0.1) is 6.42 Å². The largest absolute Gasteiger partial charge is 0.350 e. The predicted molar refractivity (Wildman–Crippen MR) is 114 cm³/mol. The van der Waals surface area contributed by atoms with Crippen LogP contribution in [0, 0.1) is 13.8 Å². The summed E-state index contributed by atoms with van der Waals surface area (Å²) in [7, 11) is 0. The molecule has 28 heavy (non-hydrogen) atoms. The highest BCUT2D eigenvalue weighted by Gasteiger charge is 2.28. The van der Waals surface area contributed by atoms with E-state index in [9.17, 15) is 9.59 Å². The molecule has 2 amide bonds. The van der Waals surface area contributed by atoms with Gasteiger partial charge in [0.15, 0.2) is 0 Å². The Hall–Kier alpha value is -2.62. The van der Waals surface area contributed by atoms with Gasteiger partial charge in [-0.2, -0.15) is 0 Å². The van der Waals surface area contributed by atoms with Crippen LogP contribution in [0.15, 0.2) is 48.5 Å². The van der Waals surface area contributed by atoms with E-state index in [4.69, 9.17) is 0 Å². The molecule has 2 aromatic carbocycles. The van der Waals surface area contributed by atoms with Crippen molar-refractivity contribution in [2.24, 2.45) is 0 Å². The maximum Gasteiger partial charge on any atom is 0.242 e. The number of rotatable bonds is 6. The number of benzene rings is 2. The van der Waals surface area contributed by atoms with Gasteiger partial charge in [0.2, 0.25) is 11.8 Å². The van der Waals surface area contributed by atoms with E-state index in [1.54, 1.807) is 11.8 Å². The van der Waals surface area contributed by atoms with Gasteiger partial charge in [0.25, 0.3) is 0 Å². The number of hydrogen-bond acceptors (Lipinski definition) is 2. The number of nitrogens with one attached hydrogen (secondary N) is 1. The minimum absolute atomic E-state index is 0.0496. The van der Waals surface area contributed by atoms with E-state index in [0.717, 1.165) is 16.7 Å².